The SMILES string of the molecule is CCC(NC(C)CCC(=O)O)c1ccc(C)cc1. The van der Waals surface area contributed by atoms with E-state index in [0.29, 0.717) is 12.5 Å². The fraction of sp³-hybridized carbons (Fsp3) is 0.533. The van der Waals surface area contributed by atoms with E-state index in [2.05, 4.69) is 43.4 Å². The van der Waals surface area contributed by atoms with Crippen molar-refractivity contribution in [3.05, 3.63) is 35.4 Å². The number of hydrogen-bond acceptors (Lipinski definition) is 2. The number of carbonyl (C=O) groups is 1. The summed E-state index contributed by atoms with van der Waals surface area (Å²) in [5.41, 5.74) is 2.53. The Kier molecular flexibility index (Phi) is 5.86. The first kappa shape index (κ1) is 14.7. The van der Waals surface area contributed by atoms with E-state index in [9.17, 15) is 4.79 Å². The molecule has 0 radical (unpaired) electrons. The summed E-state index contributed by atoms with van der Waals surface area (Å²) in [6.45, 7) is 6.26. The molecule has 0 amide bonds. The maximum atomic E-state index is 10.5. The standard InChI is InChI=1S/C15H23NO2/c1-4-14(13-8-5-11(2)6-9-13)16-12(3)7-10-15(17)18/h5-6,8-9,12,14,16H,4,7,10H2,1-3H3,(H,17,18). The van der Waals surface area contributed by atoms with Crippen LogP contribution in [0, 0.1) is 6.92 Å². The van der Waals surface area contributed by atoms with Crippen LogP contribution in [0.15, 0.2) is 24.3 Å². The van der Waals surface area contributed by atoms with Crippen LogP contribution in [0.25, 0.3) is 0 Å². The minimum atomic E-state index is -0.730. The van der Waals surface area contributed by atoms with Crippen LogP contribution in [0.3, 0.4) is 0 Å². The second kappa shape index (κ2) is 7.17. The molecule has 0 saturated carbocycles. The van der Waals surface area contributed by atoms with Crippen LogP contribution in [-0.2, 0) is 4.79 Å². The highest BCUT2D eigenvalue weighted by molar-refractivity contribution is 5.66. The number of carboxylic acid groups (broad SMARTS) is 1. The molecule has 0 spiro atoms. The number of aryl methyl sites for hydroxylation is 1. The molecule has 1 aromatic carbocycles. The lowest BCUT2D eigenvalue weighted by Crippen LogP contribution is -2.30. The van der Waals surface area contributed by atoms with Crippen LogP contribution in [0.5, 0.6) is 0 Å². The van der Waals surface area contributed by atoms with Gasteiger partial charge >= 0.3 is 5.97 Å². The lowest BCUT2D eigenvalue weighted by molar-refractivity contribution is -0.137. The molecule has 1 aromatic rings. The molecule has 2 atom stereocenters. The van der Waals surface area contributed by atoms with E-state index in [1.807, 2.05) is 6.92 Å². The van der Waals surface area contributed by atoms with Crippen molar-refractivity contribution < 1.29 is 9.90 Å². The Bertz CT molecular complexity index is 373. The van der Waals surface area contributed by atoms with Crippen LogP contribution in [0.1, 0.15) is 50.3 Å². The first-order chi connectivity index (χ1) is 8.52. The van der Waals surface area contributed by atoms with Crippen LogP contribution in [0.2, 0.25) is 0 Å². The summed E-state index contributed by atoms with van der Waals surface area (Å²) in [5.74, 6) is -0.730. The number of rotatable bonds is 7. The zero-order chi connectivity index (χ0) is 13.5. The van der Waals surface area contributed by atoms with Crippen LogP contribution >= 0.6 is 0 Å². The van der Waals surface area contributed by atoms with Gasteiger partial charge in [0.15, 0.2) is 0 Å². The van der Waals surface area contributed by atoms with Crippen LogP contribution in [0.4, 0.5) is 0 Å². The average Bonchev–Trinajstić information content (AvgIpc) is 2.34. The van der Waals surface area contributed by atoms with Gasteiger partial charge in [0.25, 0.3) is 0 Å². The van der Waals surface area contributed by atoms with Gasteiger partial charge in [0.2, 0.25) is 0 Å². The van der Waals surface area contributed by atoms with E-state index in [0.717, 1.165) is 6.42 Å². The molecule has 2 unspecified atom stereocenters. The van der Waals surface area contributed by atoms with Crippen molar-refractivity contribution in [1.29, 1.82) is 0 Å². The Labute approximate surface area is 109 Å². The van der Waals surface area contributed by atoms with Gasteiger partial charge in [0, 0.05) is 18.5 Å². The third-order valence-electron chi connectivity index (χ3n) is 3.16. The average molecular weight is 249 g/mol. The molecule has 0 saturated heterocycles. The van der Waals surface area contributed by atoms with Gasteiger partial charge in [0.05, 0.1) is 0 Å². The van der Waals surface area contributed by atoms with Crippen molar-refractivity contribution in [1.82, 2.24) is 5.32 Å². The van der Waals surface area contributed by atoms with Gasteiger partial charge in [-0.05, 0) is 32.3 Å². The third-order valence-corrected chi connectivity index (χ3v) is 3.16. The second-order valence-corrected chi connectivity index (χ2v) is 4.87. The highest BCUT2D eigenvalue weighted by atomic mass is 16.4. The predicted octanol–water partition coefficient (Wildman–Crippen LogP) is 3.29. The van der Waals surface area contributed by atoms with Gasteiger partial charge in [-0.15, -0.1) is 0 Å². The quantitative estimate of drug-likeness (QED) is 0.779. The lowest BCUT2D eigenvalue weighted by Gasteiger charge is -2.22. The first-order valence-corrected chi connectivity index (χ1v) is 6.57. The molecule has 18 heavy (non-hydrogen) atoms. The van der Waals surface area contributed by atoms with Crippen molar-refractivity contribution in [2.45, 2.75) is 52.1 Å². The van der Waals surface area contributed by atoms with E-state index in [1.54, 1.807) is 0 Å². The molecule has 0 aliphatic heterocycles. The molecule has 1 rings (SSSR count). The van der Waals surface area contributed by atoms with E-state index < -0.39 is 5.97 Å². The minimum Gasteiger partial charge on any atom is -0.481 e. The zero-order valence-electron chi connectivity index (χ0n) is 11.4. The fourth-order valence-electron chi connectivity index (χ4n) is 2.02. The molecule has 100 valence electrons. The fourth-order valence-corrected chi connectivity index (χ4v) is 2.02. The Morgan fingerprint density at radius 2 is 1.94 bits per heavy atom. The molecule has 2 N–H and O–H groups in total. The Balaban J connectivity index is 2.56. The summed E-state index contributed by atoms with van der Waals surface area (Å²) in [6, 6.07) is 9.02. The van der Waals surface area contributed by atoms with E-state index in [4.69, 9.17) is 5.11 Å². The molecule has 0 aliphatic carbocycles. The van der Waals surface area contributed by atoms with Crippen molar-refractivity contribution in [3.63, 3.8) is 0 Å². The number of aliphatic carboxylic acids is 1. The topological polar surface area (TPSA) is 49.3 Å². The van der Waals surface area contributed by atoms with Crippen LogP contribution in [-0.4, -0.2) is 17.1 Å². The van der Waals surface area contributed by atoms with E-state index >= 15 is 0 Å². The smallest absolute Gasteiger partial charge is 0.303 e. The Hall–Kier alpha value is -1.35. The summed E-state index contributed by atoms with van der Waals surface area (Å²) in [6.07, 6.45) is 1.89. The van der Waals surface area contributed by atoms with E-state index in [-0.39, 0.29) is 12.5 Å². The highest BCUT2D eigenvalue weighted by Crippen LogP contribution is 2.18. The molecule has 3 nitrogen and oxygen atoms in total. The van der Waals surface area contributed by atoms with Gasteiger partial charge in [0.1, 0.15) is 0 Å². The van der Waals surface area contributed by atoms with Crippen molar-refractivity contribution >= 4 is 5.97 Å². The number of benzene rings is 1. The Morgan fingerprint density at radius 3 is 2.44 bits per heavy atom. The van der Waals surface area contributed by atoms with Gasteiger partial charge < -0.3 is 10.4 Å². The summed E-state index contributed by atoms with van der Waals surface area (Å²) in [5, 5.41) is 12.2. The van der Waals surface area contributed by atoms with Gasteiger partial charge in [-0.3, -0.25) is 4.79 Å². The highest BCUT2D eigenvalue weighted by Gasteiger charge is 2.13. The number of nitrogens with one attached hydrogen (secondary N) is 1. The second-order valence-electron chi connectivity index (χ2n) is 4.87. The molecule has 0 aromatic heterocycles. The van der Waals surface area contributed by atoms with Gasteiger partial charge in [-0.25, -0.2) is 0 Å². The summed E-state index contributed by atoms with van der Waals surface area (Å²) >= 11 is 0. The van der Waals surface area contributed by atoms with Gasteiger partial charge in [-0.2, -0.15) is 0 Å². The monoisotopic (exact) mass is 249 g/mol. The maximum absolute atomic E-state index is 10.5. The van der Waals surface area contributed by atoms with Crippen molar-refractivity contribution in [2.75, 3.05) is 0 Å². The Morgan fingerprint density at radius 1 is 1.33 bits per heavy atom. The maximum Gasteiger partial charge on any atom is 0.303 e. The predicted molar refractivity (Wildman–Crippen MR) is 73.7 cm³/mol. The lowest BCUT2D eigenvalue weighted by atomic mass is 10.0. The number of carboxylic acids is 1. The minimum absolute atomic E-state index is 0.215. The zero-order valence-corrected chi connectivity index (χ0v) is 11.4. The van der Waals surface area contributed by atoms with Gasteiger partial charge in [-0.1, -0.05) is 36.8 Å². The molecule has 0 aliphatic rings. The molecule has 3 heteroatoms. The summed E-state index contributed by atoms with van der Waals surface area (Å²) in [7, 11) is 0. The largest absolute Gasteiger partial charge is 0.481 e. The molecular formula is C15H23NO2. The van der Waals surface area contributed by atoms with Crippen LogP contribution < -0.4 is 5.32 Å². The van der Waals surface area contributed by atoms with Crippen molar-refractivity contribution in [2.24, 2.45) is 0 Å². The summed E-state index contributed by atoms with van der Waals surface area (Å²) < 4.78 is 0. The summed E-state index contributed by atoms with van der Waals surface area (Å²) in [4.78, 5) is 10.5. The number of hydrogen-bond donors (Lipinski definition) is 2. The third kappa shape index (κ3) is 4.88. The first-order valence-electron chi connectivity index (χ1n) is 6.57. The molecule has 0 heterocycles. The molecule has 0 fully saturated rings. The van der Waals surface area contributed by atoms with E-state index in [1.165, 1.54) is 11.1 Å². The normalized spacial score (nSPS) is 14.2. The molecular weight excluding hydrogens is 226 g/mol. The van der Waals surface area contributed by atoms with Crippen molar-refractivity contribution in [3.8, 4) is 0 Å². The molecule has 0 bridgehead atoms.